The van der Waals surface area contributed by atoms with Gasteiger partial charge in [0, 0.05) is 25.0 Å². The highest BCUT2D eigenvalue weighted by atomic mass is 32.2. The molecule has 1 N–H and O–H groups in total. The Morgan fingerprint density at radius 3 is 2.61 bits per heavy atom. The lowest BCUT2D eigenvalue weighted by Crippen LogP contribution is -2.50. The zero-order valence-electron chi connectivity index (χ0n) is 19.9. The molecule has 2 heterocycles. The number of benzene rings is 1. The fraction of sp³-hybridized carbons (Fsp3) is 0.667. The molecule has 0 spiro atoms. The Labute approximate surface area is 195 Å². The van der Waals surface area contributed by atoms with E-state index >= 15 is 0 Å². The molecule has 0 amide bonds. The van der Waals surface area contributed by atoms with E-state index in [1.54, 1.807) is 6.33 Å². The zero-order valence-corrected chi connectivity index (χ0v) is 20.7. The average molecular weight is 475 g/mol. The number of nitrogens with zero attached hydrogens (tertiary/aromatic N) is 3. The van der Waals surface area contributed by atoms with Crippen LogP contribution in [0.15, 0.2) is 30.6 Å². The Kier molecular flexibility index (Phi) is 5.19. The molecule has 2 aromatic rings. The van der Waals surface area contributed by atoms with Crippen LogP contribution in [0.5, 0.6) is 0 Å². The van der Waals surface area contributed by atoms with E-state index in [2.05, 4.69) is 24.1 Å². The van der Waals surface area contributed by atoms with Crippen LogP contribution in [0, 0.1) is 16.7 Å². The van der Waals surface area contributed by atoms with Crippen molar-refractivity contribution in [1.29, 1.82) is 0 Å². The van der Waals surface area contributed by atoms with Gasteiger partial charge < -0.3 is 9.30 Å². The lowest BCUT2D eigenvalue weighted by Gasteiger charge is -2.42. The molecule has 1 saturated heterocycles. The molecule has 9 heteroatoms. The molecule has 33 heavy (non-hydrogen) atoms. The van der Waals surface area contributed by atoms with Gasteiger partial charge in [0.1, 0.15) is 6.10 Å². The maximum atomic E-state index is 13.6. The minimum atomic E-state index is -3.47. The summed E-state index contributed by atoms with van der Waals surface area (Å²) in [6.45, 7) is 9.41. The SMILES string of the molecule is CCN(CC)S(=O)(=O)C[C@@]12CC[C@H](C[C@H]1OC(=O)[C@@]1(n3cnc4ccccc43)CN1)C2(C)C. The summed E-state index contributed by atoms with van der Waals surface area (Å²) in [6.07, 6.45) is 3.71. The highest BCUT2D eigenvalue weighted by molar-refractivity contribution is 7.89. The summed E-state index contributed by atoms with van der Waals surface area (Å²) in [5.74, 6) is 0.0235. The van der Waals surface area contributed by atoms with Crippen molar-refractivity contribution in [3.63, 3.8) is 0 Å². The number of sulfonamides is 1. The Bertz CT molecular complexity index is 1180. The highest BCUT2D eigenvalue weighted by Crippen LogP contribution is 2.67. The first-order valence-electron chi connectivity index (χ1n) is 12.0. The smallest absolute Gasteiger partial charge is 0.349 e. The Morgan fingerprint density at radius 2 is 1.97 bits per heavy atom. The molecule has 5 rings (SSSR count). The van der Waals surface area contributed by atoms with Gasteiger partial charge in [-0.3, -0.25) is 5.32 Å². The highest BCUT2D eigenvalue weighted by Gasteiger charge is 2.68. The molecular weight excluding hydrogens is 440 g/mol. The van der Waals surface area contributed by atoms with E-state index in [-0.39, 0.29) is 17.1 Å². The minimum Gasteiger partial charge on any atom is -0.459 e. The molecule has 8 nitrogen and oxygen atoms in total. The number of nitrogens with one attached hydrogen (secondary N) is 1. The van der Waals surface area contributed by atoms with E-state index in [1.165, 1.54) is 4.31 Å². The van der Waals surface area contributed by atoms with Crippen LogP contribution in [0.1, 0.15) is 47.0 Å². The van der Waals surface area contributed by atoms with Crippen LogP contribution in [0.25, 0.3) is 11.0 Å². The van der Waals surface area contributed by atoms with Crippen LogP contribution in [0.3, 0.4) is 0 Å². The number of hydrogen-bond donors (Lipinski definition) is 1. The molecule has 1 aromatic heterocycles. The van der Waals surface area contributed by atoms with Crippen molar-refractivity contribution < 1.29 is 17.9 Å². The molecule has 0 unspecified atom stereocenters. The molecule has 2 aliphatic carbocycles. The van der Waals surface area contributed by atoms with E-state index in [1.807, 2.05) is 42.7 Å². The third-order valence-electron chi connectivity index (χ3n) is 8.86. The number of ether oxygens (including phenoxy) is 1. The number of fused-ring (bicyclic) bond motifs is 3. The second-order valence-electron chi connectivity index (χ2n) is 10.4. The molecule has 180 valence electrons. The van der Waals surface area contributed by atoms with Gasteiger partial charge in [-0.15, -0.1) is 0 Å². The summed E-state index contributed by atoms with van der Waals surface area (Å²) in [4.78, 5) is 18.0. The van der Waals surface area contributed by atoms with Crippen LogP contribution in [-0.2, 0) is 25.2 Å². The van der Waals surface area contributed by atoms with Crippen LogP contribution >= 0.6 is 0 Å². The molecule has 3 aliphatic rings. The monoisotopic (exact) mass is 474 g/mol. The molecule has 2 bridgehead atoms. The number of carbonyl (C=O) groups excluding carboxylic acids is 1. The zero-order chi connectivity index (χ0) is 23.6. The topological polar surface area (TPSA) is 103 Å². The van der Waals surface area contributed by atoms with Gasteiger partial charge in [0.25, 0.3) is 0 Å². The molecule has 1 aliphatic heterocycles. The molecular formula is C24H34N4O4S. The summed E-state index contributed by atoms with van der Waals surface area (Å²) in [7, 11) is -3.47. The summed E-state index contributed by atoms with van der Waals surface area (Å²) in [5, 5.41) is 3.20. The second-order valence-corrected chi connectivity index (χ2v) is 12.4. The molecule has 4 atom stereocenters. The first-order valence-corrected chi connectivity index (χ1v) is 13.6. The quantitative estimate of drug-likeness (QED) is 0.466. The normalized spacial score (nSPS) is 32.5. The molecule has 3 fully saturated rings. The van der Waals surface area contributed by atoms with Gasteiger partial charge in [-0.1, -0.05) is 39.8 Å². The number of imidazole rings is 1. The van der Waals surface area contributed by atoms with E-state index < -0.39 is 27.2 Å². The Balaban J connectivity index is 1.45. The van der Waals surface area contributed by atoms with Crippen LogP contribution < -0.4 is 5.32 Å². The lowest BCUT2D eigenvalue weighted by atomic mass is 9.69. The first kappa shape index (κ1) is 22.8. The second kappa shape index (κ2) is 7.52. The number of hydrogen-bond acceptors (Lipinski definition) is 6. The van der Waals surface area contributed by atoms with Crippen molar-refractivity contribution in [3.05, 3.63) is 30.6 Å². The van der Waals surface area contributed by atoms with Crippen molar-refractivity contribution >= 4 is 27.0 Å². The van der Waals surface area contributed by atoms with Crippen LogP contribution in [0.4, 0.5) is 0 Å². The van der Waals surface area contributed by atoms with E-state index in [4.69, 9.17) is 4.74 Å². The van der Waals surface area contributed by atoms with Crippen molar-refractivity contribution in [2.24, 2.45) is 16.7 Å². The third kappa shape index (κ3) is 3.19. The number of rotatable bonds is 8. The molecule has 0 radical (unpaired) electrons. The van der Waals surface area contributed by atoms with E-state index in [0.717, 1.165) is 23.9 Å². The largest absolute Gasteiger partial charge is 0.459 e. The maximum absolute atomic E-state index is 13.6. The van der Waals surface area contributed by atoms with Crippen LogP contribution in [-0.4, -0.2) is 59.7 Å². The number of para-hydroxylation sites is 2. The maximum Gasteiger partial charge on any atom is 0.349 e. The lowest BCUT2D eigenvalue weighted by molar-refractivity contribution is -0.162. The average Bonchev–Trinajstić information content (AvgIpc) is 3.35. The van der Waals surface area contributed by atoms with Gasteiger partial charge in [0.15, 0.2) is 0 Å². The standard InChI is InChI=1S/C24H34N4O4S/c1-5-27(6-2)33(30,31)15-23-12-11-17(22(23,3)4)13-20(23)32-21(29)24(14-26-24)28-16-25-18-9-7-8-10-19(18)28/h7-10,16-17,20,26H,5-6,11-15H2,1-4H3/t17-,20-,23+,24+/m1/s1. The van der Waals surface area contributed by atoms with Gasteiger partial charge in [-0.25, -0.2) is 22.5 Å². The van der Waals surface area contributed by atoms with Crippen molar-refractivity contribution in [2.45, 2.75) is 58.7 Å². The predicted molar refractivity (Wildman–Crippen MR) is 126 cm³/mol. The number of carbonyl (C=O) groups is 1. The summed E-state index contributed by atoms with van der Waals surface area (Å²) >= 11 is 0. The number of esters is 1. The van der Waals surface area contributed by atoms with Crippen molar-refractivity contribution in [3.8, 4) is 0 Å². The molecule has 1 aromatic carbocycles. The van der Waals surface area contributed by atoms with Gasteiger partial charge in [0.05, 0.1) is 23.1 Å². The third-order valence-corrected chi connectivity index (χ3v) is 11.0. The summed E-state index contributed by atoms with van der Waals surface area (Å²) in [5.41, 5.74) is -0.0832. The van der Waals surface area contributed by atoms with E-state index in [0.29, 0.717) is 32.0 Å². The van der Waals surface area contributed by atoms with Gasteiger partial charge in [-0.05, 0) is 42.7 Å². The Hall–Kier alpha value is -1.97. The summed E-state index contributed by atoms with van der Waals surface area (Å²) < 4.78 is 36.3. The predicted octanol–water partition coefficient (Wildman–Crippen LogP) is 2.70. The van der Waals surface area contributed by atoms with Gasteiger partial charge in [-0.2, -0.15) is 0 Å². The summed E-state index contributed by atoms with van der Waals surface area (Å²) in [6, 6.07) is 7.70. The Morgan fingerprint density at radius 1 is 1.27 bits per heavy atom. The van der Waals surface area contributed by atoms with Crippen LogP contribution in [0.2, 0.25) is 0 Å². The first-order chi connectivity index (χ1) is 15.6. The van der Waals surface area contributed by atoms with Crippen molar-refractivity contribution in [2.75, 3.05) is 25.4 Å². The fourth-order valence-corrected chi connectivity index (χ4v) is 8.85. The van der Waals surface area contributed by atoms with Gasteiger partial charge >= 0.3 is 5.97 Å². The van der Waals surface area contributed by atoms with Crippen molar-refractivity contribution in [1.82, 2.24) is 19.2 Å². The van der Waals surface area contributed by atoms with E-state index in [9.17, 15) is 13.2 Å². The number of aromatic nitrogens is 2. The van der Waals surface area contributed by atoms with Gasteiger partial charge in [0.2, 0.25) is 15.7 Å². The molecule has 2 saturated carbocycles. The fourth-order valence-electron chi connectivity index (χ4n) is 6.53. The minimum absolute atomic E-state index is 0.0254.